The van der Waals surface area contributed by atoms with Gasteiger partial charge in [0.1, 0.15) is 0 Å². The Hall–Kier alpha value is -2.88. The van der Waals surface area contributed by atoms with E-state index in [1.807, 2.05) is 0 Å². The minimum absolute atomic E-state index is 0.0347. The number of benzene rings is 2. The summed E-state index contributed by atoms with van der Waals surface area (Å²) in [4.78, 5) is 0. The SMILES string of the molecule is Nc1ccc(Cc2ccc(N)cc2C(O)(C(F)(F)F)C(F)(F)F)c(C(O)(C(F)(F)F)C(F)(F)F)c1. The van der Waals surface area contributed by atoms with Gasteiger partial charge >= 0.3 is 24.7 Å². The summed E-state index contributed by atoms with van der Waals surface area (Å²) in [6, 6.07) is 2.40. The van der Waals surface area contributed by atoms with E-state index in [9.17, 15) is 62.9 Å². The molecule has 0 radical (unpaired) electrons. The average molecular weight is 530 g/mol. The van der Waals surface area contributed by atoms with E-state index in [2.05, 4.69) is 0 Å². The van der Waals surface area contributed by atoms with Crippen LogP contribution in [0.25, 0.3) is 0 Å². The lowest BCUT2D eigenvalue weighted by Crippen LogP contribution is -2.55. The average Bonchev–Trinajstić information content (AvgIpc) is 2.65. The number of aliphatic hydroxyl groups is 2. The molecule has 0 aromatic heterocycles. The van der Waals surface area contributed by atoms with Gasteiger partial charge < -0.3 is 21.7 Å². The van der Waals surface area contributed by atoms with Gasteiger partial charge in [-0.1, -0.05) is 12.1 Å². The minimum Gasteiger partial charge on any atom is -0.399 e. The first kappa shape index (κ1) is 28.4. The van der Waals surface area contributed by atoms with E-state index in [1.165, 1.54) is 0 Å². The van der Waals surface area contributed by atoms with Crippen molar-refractivity contribution in [1.82, 2.24) is 0 Å². The number of nitrogens with two attached hydrogens (primary N) is 2. The Balaban J connectivity index is 2.88. The molecule has 0 aliphatic heterocycles. The molecule has 196 valence electrons. The zero-order chi connectivity index (χ0) is 27.4. The van der Waals surface area contributed by atoms with Crippen LogP contribution in [0.2, 0.25) is 0 Å². The molecule has 0 amide bonds. The molecule has 2 aromatic carbocycles. The molecule has 0 fully saturated rings. The third-order valence-corrected chi connectivity index (χ3v) is 5.07. The Morgan fingerprint density at radius 3 is 1.00 bits per heavy atom. The predicted octanol–water partition coefficient (Wildman–Crippen LogP) is 5.07. The third-order valence-electron chi connectivity index (χ3n) is 5.07. The fourth-order valence-corrected chi connectivity index (χ4v) is 3.31. The van der Waals surface area contributed by atoms with Crippen molar-refractivity contribution in [3.63, 3.8) is 0 Å². The van der Waals surface area contributed by atoms with E-state index in [0.717, 1.165) is 0 Å². The van der Waals surface area contributed by atoms with Gasteiger partial charge in [-0.25, -0.2) is 0 Å². The molecule has 6 N–H and O–H groups in total. The molecule has 2 rings (SSSR count). The van der Waals surface area contributed by atoms with Crippen molar-refractivity contribution in [2.75, 3.05) is 11.5 Å². The molecule has 0 bridgehead atoms. The Labute approximate surface area is 187 Å². The van der Waals surface area contributed by atoms with Crippen molar-refractivity contribution in [2.45, 2.75) is 42.3 Å². The van der Waals surface area contributed by atoms with Gasteiger partial charge in [0.15, 0.2) is 0 Å². The smallest absolute Gasteiger partial charge is 0.399 e. The standard InChI is InChI=1S/C19H14F12N2O2/c20-16(21,22)14(34,17(23,24)25)12-6-10(32)3-1-8(12)5-9-2-4-11(33)7-13(9)15(35,18(26,27)28)19(29,30)31/h1-4,6-7,34-35H,5,32-33H2. The van der Waals surface area contributed by atoms with E-state index in [4.69, 9.17) is 11.5 Å². The molecule has 4 nitrogen and oxygen atoms in total. The second-order valence-electron chi connectivity index (χ2n) is 7.42. The van der Waals surface area contributed by atoms with Gasteiger partial charge in [-0.3, -0.25) is 0 Å². The quantitative estimate of drug-likeness (QED) is 0.329. The lowest BCUT2D eigenvalue weighted by atomic mass is 9.82. The van der Waals surface area contributed by atoms with Gasteiger partial charge in [-0.15, -0.1) is 0 Å². The van der Waals surface area contributed by atoms with Crippen LogP contribution >= 0.6 is 0 Å². The monoisotopic (exact) mass is 530 g/mol. The maximum atomic E-state index is 13.4. The molecule has 0 saturated carbocycles. The highest BCUT2D eigenvalue weighted by molar-refractivity contribution is 5.53. The molecule has 0 unspecified atom stereocenters. The molecule has 0 saturated heterocycles. The number of nitrogen functional groups attached to an aromatic ring is 2. The molecule has 16 heteroatoms. The third kappa shape index (κ3) is 4.68. The van der Waals surface area contributed by atoms with Crippen LogP contribution in [-0.2, 0) is 17.6 Å². The number of hydrogen-bond donors (Lipinski definition) is 4. The van der Waals surface area contributed by atoms with Crippen molar-refractivity contribution in [2.24, 2.45) is 0 Å². The molecular weight excluding hydrogens is 516 g/mol. The van der Waals surface area contributed by atoms with E-state index < -0.39 is 76.0 Å². The number of hydrogen-bond acceptors (Lipinski definition) is 4. The normalized spacial score (nSPS) is 14.3. The van der Waals surface area contributed by atoms with Crippen molar-refractivity contribution in [3.05, 3.63) is 58.7 Å². The van der Waals surface area contributed by atoms with Crippen LogP contribution in [0, 0.1) is 0 Å². The van der Waals surface area contributed by atoms with Crippen molar-refractivity contribution in [3.8, 4) is 0 Å². The van der Waals surface area contributed by atoms with E-state index in [-0.39, 0.29) is 12.1 Å². The zero-order valence-corrected chi connectivity index (χ0v) is 16.8. The van der Waals surface area contributed by atoms with Crippen LogP contribution in [-0.4, -0.2) is 34.9 Å². The second-order valence-corrected chi connectivity index (χ2v) is 7.42. The highest BCUT2D eigenvalue weighted by Crippen LogP contribution is 2.53. The van der Waals surface area contributed by atoms with Crippen LogP contribution in [0.15, 0.2) is 36.4 Å². The summed E-state index contributed by atoms with van der Waals surface area (Å²) in [5.74, 6) is 0. The van der Waals surface area contributed by atoms with Crippen molar-refractivity contribution < 1.29 is 62.9 Å². The van der Waals surface area contributed by atoms with Crippen LogP contribution in [0.3, 0.4) is 0 Å². The number of rotatable bonds is 4. The highest BCUT2D eigenvalue weighted by Gasteiger charge is 2.73. The first-order valence-electron chi connectivity index (χ1n) is 8.98. The van der Waals surface area contributed by atoms with Crippen molar-refractivity contribution >= 4 is 11.4 Å². The number of alkyl halides is 12. The largest absolute Gasteiger partial charge is 0.430 e. The van der Waals surface area contributed by atoms with E-state index >= 15 is 0 Å². The molecule has 0 spiro atoms. The first-order valence-corrected chi connectivity index (χ1v) is 8.98. The van der Waals surface area contributed by atoms with Gasteiger partial charge in [0.25, 0.3) is 11.2 Å². The molecule has 35 heavy (non-hydrogen) atoms. The highest BCUT2D eigenvalue weighted by atomic mass is 19.4. The second kappa shape index (κ2) is 8.36. The van der Waals surface area contributed by atoms with Gasteiger partial charge in [-0.05, 0) is 41.8 Å². The lowest BCUT2D eigenvalue weighted by Gasteiger charge is -2.35. The minimum atomic E-state index is -6.43. The molecule has 0 aliphatic carbocycles. The predicted molar refractivity (Wildman–Crippen MR) is 96.5 cm³/mol. The Morgan fingerprint density at radius 1 is 0.514 bits per heavy atom. The van der Waals surface area contributed by atoms with Crippen LogP contribution in [0.5, 0.6) is 0 Å². The van der Waals surface area contributed by atoms with Crippen molar-refractivity contribution in [1.29, 1.82) is 0 Å². The van der Waals surface area contributed by atoms with Gasteiger partial charge in [0.2, 0.25) is 0 Å². The maximum absolute atomic E-state index is 13.4. The number of anilines is 2. The van der Waals surface area contributed by atoms with Crippen LogP contribution in [0.1, 0.15) is 22.3 Å². The summed E-state index contributed by atoms with van der Waals surface area (Å²) < 4.78 is 161. The summed E-state index contributed by atoms with van der Waals surface area (Å²) in [6.45, 7) is 0. The summed E-state index contributed by atoms with van der Waals surface area (Å²) in [7, 11) is 0. The molecule has 0 heterocycles. The summed E-state index contributed by atoms with van der Waals surface area (Å²) >= 11 is 0. The Morgan fingerprint density at radius 2 is 0.771 bits per heavy atom. The van der Waals surface area contributed by atoms with E-state index in [1.54, 1.807) is 0 Å². The van der Waals surface area contributed by atoms with Crippen LogP contribution in [0.4, 0.5) is 64.1 Å². The molecular formula is C19H14F12N2O2. The van der Waals surface area contributed by atoms with Crippen LogP contribution < -0.4 is 11.5 Å². The first-order chi connectivity index (χ1) is 15.5. The number of halogens is 12. The molecule has 2 aromatic rings. The van der Waals surface area contributed by atoms with Gasteiger partial charge in [0.05, 0.1) is 0 Å². The summed E-state index contributed by atoms with van der Waals surface area (Å²) in [5, 5.41) is 19.5. The summed E-state index contributed by atoms with van der Waals surface area (Å²) in [5.41, 5.74) is -8.53. The topological polar surface area (TPSA) is 92.5 Å². The fraction of sp³-hybridized carbons (Fsp3) is 0.368. The van der Waals surface area contributed by atoms with Gasteiger partial charge in [-0.2, -0.15) is 52.7 Å². The zero-order valence-electron chi connectivity index (χ0n) is 16.8. The maximum Gasteiger partial charge on any atom is 0.430 e. The summed E-state index contributed by atoms with van der Waals surface area (Å²) in [6.07, 6.45) is -27.2. The Bertz CT molecular complexity index is 974. The molecule has 0 aliphatic rings. The van der Waals surface area contributed by atoms with Gasteiger partial charge in [0, 0.05) is 22.5 Å². The fourth-order valence-electron chi connectivity index (χ4n) is 3.31. The Kier molecular flexibility index (Phi) is 6.77. The lowest BCUT2D eigenvalue weighted by molar-refractivity contribution is -0.376. The molecule has 0 atom stereocenters. The van der Waals surface area contributed by atoms with E-state index in [0.29, 0.717) is 24.3 Å².